The van der Waals surface area contributed by atoms with Crippen LogP contribution in [0.2, 0.25) is 0 Å². The minimum Gasteiger partial charge on any atom is -0.346 e. The molecule has 0 aliphatic heterocycles. The van der Waals surface area contributed by atoms with Crippen LogP contribution in [0.25, 0.3) is 5.65 Å². The first-order valence-corrected chi connectivity index (χ1v) is 7.11. The van der Waals surface area contributed by atoms with E-state index >= 15 is 0 Å². The second-order valence-corrected chi connectivity index (χ2v) is 5.23. The summed E-state index contributed by atoms with van der Waals surface area (Å²) in [6, 6.07) is 7.18. The molecule has 0 aliphatic rings. The van der Waals surface area contributed by atoms with Crippen LogP contribution in [0, 0.1) is 22.9 Å². The van der Waals surface area contributed by atoms with Crippen LogP contribution < -0.4 is 5.32 Å². The molecule has 3 aromatic rings. The molecule has 122 valence electrons. The summed E-state index contributed by atoms with van der Waals surface area (Å²) in [5, 5.41) is 13.6. The van der Waals surface area contributed by atoms with Gasteiger partial charge < -0.3 is 9.72 Å². The smallest absolute Gasteiger partial charge is 0.273 e. The quantitative estimate of drug-likeness (QED) is 0.589. The highest BCUT2D eigenvalue weighted by atomic mass is 19.1. The second kappa shape index (κ2) is 6.07. The molecule has 0 atom stereocenters. The van der Waals surface area contributed by atoms with Crippen molar-refractivity contribution in [3.05, 3.63) is 75.5 Å². The van der Waals surface area contributed by atoms with E-state index in [1.807, 2.05) is 0 Å². The zero-order valence-corrected chi connectivity index (χ0v) is 12.7. The zero-order chi connectivity index (χ0) is 17.3. The van der Waals surface area contributed by atoms with E-state index in [4.69, 9.17) is 0 Å². The Morgan fingerprint density at radius 2 is 2.12 bits per heavy atom. The lowest BCUT2D eigenvalue weighted by Crippen LogP contribution is -2.24. The molecular weight excluding hydrogens is 315 g/mol. The van der Waals surface area contributed by atoms with Gasteiger partial charge >= 0.3 is 0 Å². The van der Waals surface area contributed by atoms with Crippen LogP contribution in [0.4, 0.5) is 10.1 Å². The van der Waals surface area contributed by atoms with Gasteiger partial charge in [0.05, 0.1) is 17.2 Å². The Bertz CT molecular complexity index is 952. The average molecular weight is 328 g/mol. The topological polar surface area (TPSA) is 89.5 Å². The fourth-order valence-corrected chi connectivity index (χ4v) is 2.44. The molecule has 1 N–H and O–H groups in total. The third-order valence-electron chi connectivity index (χ3n) is 3.64. The van der Waals surface area contributed by atoms with Crippen molar-refractivity contribution in [3.8, 4) is 0 Å². The standard InChI is InChI=1S/C16H13FN4O3/c1-10-13(3-2-4-14(10)21(23)24)16(22)18-7-12-9-20-8-11(17)5-6-15(20)19-12/h2-6,8-9H,7H2,1H3,(H,18,22). The van der Waals surface area contributed by atoms with Crippen molar-refractivity contribution in [1.82, 2.24) is 14.7 Å². The number of hydrogen-bond donors (Lipinski definition) is 1. The highest BCUT2D eigenvalue weighted by molar-refractivity contribution is 5.96. The largest absolute Gasteiger partial charge is 0.346 e. The monoisotopic (exact) mass is 328 g/mol. The number of rotatable bonds is 4. The summed E-state index contributed by atoms with van der Waals surface area (Å²) in [5.74, 6) is -0.817. The number of carbonyl (C=O) groups is 1. The minimum absolute atomic E-state index is 0.106. The molecule has 0 radical (unpaired) electrons. The number of nitro groups is 1. The Morgan fingerprint density at radius 1 is 1.33 bits per heavy atom. The fourth-order valence-electron chi connectivity index (χ4n) is 2.44. The molecule has 1 aromatic carbocycles. The summed E-state index contributed by atoms with van der Waals surface area (Å²) in [6.07, 6.45) is 2.90. The Labute approximate surface area is 135 Å². The summed E-state index contributed by atoms with van der Waals surface area (Å²) in [5.41, 5.74) is 1.55. The lowest BCUT2D eigenvalue weighted by Gasteiger charge is -2.06. The second-order valence-electron chi connectivity index (χ2n) is 5.23. The fraction of sp³-hybridized carbons (Fsp3) is 0.125. The Balaban J connectivity index is 1.77. The average Bonchev–Trinajstić information content (AvgIpc) is 2.94. The molecule has 24 heavy (non-hydrogen) atoms. The van der Waals surface area contributed by atoms with Crippen molar-refractivity contribution in [2.45, 2.75) is 13.5 Å². The van der Waals surface area contributed by atoms with Gasteiger partial charge in [0.2, 0.25) is 0 Å². The molecule has 0 saturated carbocycles. The molecule has 8 heteroatoms. The number of carbonyl (C=O) groups excluding carboxylic acids is 1. The molecule has 0 saturated heterocycles. The summed E-state index contributed by atoms with van der Waals surface area (Å²) in [7, 11) is 0. The minimum atomic E-state index is -0.525. The molecular formula is C16H13FN4O3. The van der Waals surface area contributed by atoms with Gasteiger partial charge in [0, 0.05) is 29.6 Å². The van der Waals surface area contributed by atoms with E-state index < -0.39 is 10.8 Å². The molecule has 0 unspecified atom stereocenters. The van der Waals surface area contributed by atoms with Crippen LogP contribution in [0.3, 0.4) is 0 Å². The Morgan fingerprint density at radius 3 is 2.88 bits per heavy atom. The normalized spacial score (nSPS) is 10.8. The van der Waals surface area contributed by atoms with Gasteiger partial charge in [0.25, 0.3) is 11.6 Å². The SMILES string of the molecule is Cc1c(C(=O)NCc2cn3cc(F)ccc3n2)cccc1[N+](=O)[O-]. The maximum Gasteiger partial charge on any atom is 0.273 e. The molecule has 7 nitrogen and oxygen atoms in total. The summed E-state index contributed by atoms with van der Waals surface area (Å²) >= 11 is 0. The van der Waals surface area contributed by atoms with Gasteiger partial charge in [-0.05, 0) is 25.1 Å². The molecule has 2 heterocycles. The maximum atomic E-state index is 13.2. The number of nitro benzene ring substituents is 1. The first-order valence-electron chi connectivity index (χ1n) is 7.11. The van der Waals surface area contributed by atoms with E-state index in [0.29, 0.717) is 16.9 Å². The van der Waals surface area contributed by atoms with Gasteiger partial charge in [-0.3, -0.25) is 14.9 Å². The van der Waals surface area contributed by atoms with Crippen LogP contribution in [0.15, 0.2) is 42.7 Å². The molecule has 1 amide bonds. The van der Waals surface area contributed by atoms with Crippen LogP contribution >= 0.6 is 0 Å². The number of amides is 1. The van der Waals surface area contributed by atoms with Crippen molar-refractivity contribution in [1.29, 1.82) is 0 Å². The zero-order valence-electron chi connectivity index (χ0n) is 12.7. The van der Waals surface area contributed by atoms with Gasteiger partial charge in [-0.1, -0.05) is 6.07 Å². The van der Waals surface area contributed by atoms with Crippen LogP contribution in [-0.2, 0) is 6.54 Å². The van der Waals surface area contributed by atoms with E-state index in [9.17, 15) is 19.3 Å². The van der Waals surface area contributed by atoms with Crippen LogP contribution in [0.1, 0.15) is 21.6 Å². The van der Waals surface area contributed by atoms with Crippen LogP contribution in [0.5, 0.6) is 0 Å². The number of hydrogen-bond acceptors (Lipinski definition) is 4. The number of nitrogens with one attached hydrogen (secondary N) is 1. The summed E-state index contributed by atoms with van der Waals surface area (Å²) < 4.78 is 14.7. The lowest BCUT2D eigenvalue weighted by molar-refractivity contribution is -0.385. The summed E-state index contributed by atoms with van der Waals surface area (Å²) in [6.45, 7) is 1.66. The molecule has 0 fully saturated rings. The maximum absolute atomic E-state index is 13.2. The summed E-state index contributed by atoms with van der Waals surface area (Å²) in [4.78, 5) is 26.9. The van der Waals surface area contributed by atoms with Crippen molar-refractivity contribution < 1.29 is 14.1 Å². The van der Waals surface area contributed by atoms with Gasteiger partial charge in [-0.2, -0.15) is 0 Å². The number of nitrogens with zero attached hydrogens (tertiary/aromatic N) is 3. The first kappa shape index (κ1) is 15.6. The lowest BCUT2D eigenvalue weighted by atomic mass is 10.1. The van der Waals surface area contributed by atoms with Gasteiger partial charge in [-0.15, -0.1) is 0 Å². The van der Waals surface area contributed by atoms with E-state index in [1.165, 1.54) is 47.9 Å². The predicted octanol–water partition coefficient (Wildman–Crippen LogP) is 2.62. The van der Waals surface area contributed by atoms with Gasteiger partial charge in [0.15, 0.2) is 0 Å². The number of aromatic nitrogens is 2. The number of fused-ring (bicyclic) bond motifs is 1. The van der Waals surface area contributed by atoms with E-state index in [2.05, 4.69) is 10.3 Å². The van der Waals surface area contributed by atoms with Crippen molar-refractivity contribution in [3.63, 3.8) is 0 Å². The van der Waals surface area contributed by atoms with Crippen molar-refractivity contribution in [2.75, 3.05) is 0 Å². The Kier molecular flexibility index (Phi) is 3.95. The van der Waals surface area contributed by atoms with E-state index in [0.717, 1.165) is 0 Å². The third kappa shape index (κ3) is 2.94. The number of halogens is 1. The van der Waals surface area contributed by atoms with Crippen LogP contribution in [-0.4, -0.2) is 20.2 Å². The number of imidazole rings is 1. The van der Waals surface area contributed by atoms with Gasteiger partial charge in [-0.25, -0.2) is 9.37 Å². The molecule has 2 aromatic heterocycles. The van der Waals surface area contributed by atoms with E-state index in [1.54, 1.807) is 6.20 Å². The third-order valence-corrected chi connectivity index (χ3v) is 3.64. The predicted molar refractivity (Wildman–Crippen MR) is 84.2 cm³/mol. The molecule has 0 bridgehead atoms. The molecule has 0 spiro atoms. The highest BCUT2D eigenvalue weighted by Crippen LogP contribution is 2.21. The van der Waals surface area contributed by atoms with E-state index in [-0.39, 0.29) is 23.6 Å². The first-order chi connectivity index (χ1) is 11.5. The number of benzene rings is 1. The molecule has 3 rings (SSSR count). The van der Waals surface area contributed by atoms with Crippen molar-refractivity contribution in [2.24, 2.45) is 0 Å². The number of pyridine rings is 1. The molecule has 0 aliphatic carbocycles. The Hall–Kier alpha value is -3.29. The van der Waals surface area contributed by atoms with Crippen molar-refractivity contribution >= 4 is 17.2 Å². The van der Waals surface area contributed by atoms with Gasteiger partial charge in [0.1, 0.15) is 11.5 Å². The highest BCUT2D eigenvalue weighted by Gasteiger charge is 2.17.